The van der Waals surface area contributed by atoms with Crippen molar-refractivity contribution in [2.24, 2.45) is 11.8 Å². The standard InChI is InChI=1S/C64H94F2N2S5/c1-7-11-15-19-23-25-29-33-36-49(35-31-27-21-17-13-9-3)43-51-45-56(70-48(51)6)58-60(65)61(66)59(63-62(58)67-73-68-63)57-46-52(64(72-57)55-42-41-54(71-55)53-40-39-47(5)69-53)44-50(37-32-28-22-18-14-10-4)38-34-30-26-24-20-16-12-8-2/h39-42,45-46,49-50H,7-38,43-44H2,1-6H3. The van der Waals surface area contributed by atoms with E-state index in [1.807, 2.05) is 22.7 Å². The van der Waals surface area contributed by atoms with Crippen molar-refractivity contribution in [3.8, 4) is 40.4 Å². The third-order valence-corrected chi connectivity index (χ3v) is 20.9. The molecule has 73 heavy (non-hydrogen) atoms. The number of unbranched alkanes of at least 4 members (excludes halogenated alkanes) is 24. The summed E-state index contributed by atoms with van der Waals surface area (Å²) >= 11 is 7.97. The van der Waals surface area contributed by atoms with E-state index in [0.717, 1.165) is 34.3 Å². The third-order valence-electron chi connectivity index (χ3n) is 15.6. The van der Waals surface area contributed by atoms with Crippen LogP contribution in [0.15, 0.2) is 36.4 Å². The molecule has 0 saturated heterocycles. The molecule has 6 rings (SSSR count). The molecule has 0 aliphatic carbocycles. The van der Waals surface area contributed by atoms with Crippen molar-refractivity contribution in [2.45, 2.75) is 260 Å². The van der Waals surface area contributed by atoms with Crippen LogP contribution in [0.3, 0.4) is 0 Å². The Bertz CT molecular complexity index is 2430. The lowest BCUT2D eigenvalue weighted by molar-refractivity contribution is 0.400. The van der Waals surface area contributed by atoms with Crippen molar-refractivity contribution in [3.63, 3.8) is 0 Å². The molecule has 0 bridgehead atoms. The Morgan fingerprint density at radius 3 is 1.21 bits per heavy atom. The number of fused-ring (bicyclic) bond motifs is 1. The highest BCUT2D eigenvalue weighted by atomic mass is 32.1. The maximum absolute atomic E-state index is 17.3. The van der Waals surface area contributed by atoms with Gasteiger partial charge in [0.2, 0.25) is 0 Å². The third kappa shape index (κ3) is 19.0. The summed E-state index contributed by atoms with van der Waals surface area (Å²) in [5.41, 5.74) is 4.11. The maximum atomic E-state index is 17.3. The van der Waals surface area contributed by atoms with Gasteiger partial charge in [0.1, 0.15) is 11.0 Å². The first-order chi connectivity index (χ1) is 35.8. The molecule has 0 aliphatic rings. The van der Waals surface area contributed by atoms with E-state index < -0.39 is 11.6 Å². The smallest absolute Gasteiger partial charge is 0.170 e. The number of hydrogen-bond donors (Lipinski definition) is 0. The molecular formula is C64H94F2N2S5. The first-order valence-electron chi connectivity index (χ1n) is 29.8. The molecule has 0 fully saturated rings. The van der Waals surface area contributed by atoms with Gasteiger partial charge in [-0.2, -0.15) is 8.75 Å². The van der Waals surface area contributed by atoms with Crippen LogP contribution < -0.4 is 0 Å². The van der Waals surface area contributed by atoms with Gasteiger partial charge in [-0.1, -0.05) is 233 Å². The van der Waals surface area contributed by atoms with Crippen molar-refractivity contribution in [2.75, 3.05) is 0 Å². The number of aromatic nitrogens is 2. The van der Waals surface area contributed by atoms with Crippen LogP contribution in [0.25, 0.3) is 51.4 Å². The second kappa shape index (κ2) is 33.8. The number of benzene rings is 1. The van der Waals surface area contributed by atoms with E-state index >= 15 is 8.78 Å². The fourth-order valence-electron chi connectivity index (χ4n) is 11.2. The van der Waals surface area contributed by atoms with E-state index in [-0.39, 0.29) is 11.1 Å². The quantitative estimate of drug-likeness (QED) is 0.0358. The highest BCUT2D eigenvalue weighted by Gasteiger charge is 2.29. The Morgan fingerprint density at radius 2 is 0.767 bits per heavy atom. The summed E-state index contributed by atoms with van der Waals surface area (Å²) in [5.74, 6) is -0.414. The molecule has 5 aromatic heterocycles. The summed E-state index contributed by atoms with van der Waals surface area (Å²) in [4.78, 5) is 9.01. The fraction of sp³-hybridized carbons (Fsp3) is 0.656. The topological polar surface area (TPSA) is 25.8 Å². The number of aryl methyl sites for hydroxylation is 2. The van der Waals surface area contributed by atoms with Gasteiger partial charge in [-0.05, 0) is 86.1 Å². The Kier molecular flexibility index (Phi) is 27.7. The van der Waals surface area contributed by atoms with Crippen molar-refractivity contribution >= 4 is 68.1 Å². The minimum atomic E-state index is -0.790. The van der Waals surface area contributed by atoms with Gasteiger partial charge in [0, 0.05) is 39.0 Å². The fourth-order valence-corrected chi connectivity index (χ4v) is 16.2. The molecule has 2 unspecified atom stereocenters. The molecule has 5 heterocycles. The van der Waals surface area contributed by atoms with E-state index in [2.05, 4.69) is 77.9 Å². The minimum absolute atomic E-state index is 0.279. The number of rotatable bonds is 40. The second-order valence-corrected chi connectivity index (χ2v) is 27.1. The van der Waals surface area contributed by atoms with Gasteiger partial charge in [-0.25, -0.2) is 8.78 Å². The molecular weight excluding hydrogens is 995 g/mol. The first kappa shape index (κ1) is 59.9. The number of halogens is 2. The van der Waals surface area contributed by atoms with E-state index in [1.54, 1.807) is 22.7 Å². The lowest BCUT2D eigenvalue weighted by atomic mass is 9.88. The molecule has 0 spiro atoms. The Labute approximate surface area is 463 Å². The second-order valence-electron chi connectivity index (χ2n) is 21.9. The van der Waals surface area contributed by atoms with Gasteiger partial charge in [0.25, 0.3) is 0 Å². The maximum Gasteiger partial charge on any atom is 0.170 e. The predicted octanol–water partition coefficient (Wildman–Crippen LogP) is 24.4. The Balaban J connectivity index is 1.28. The van der Waals surface area contributed by atoms with Crippen LogP contribution >= 0.6 is 57.1 Å². The molecule has 2 nitrogen and oxygen atoms in total. The summed E-state index contributed by atoms with van der Waals surface area (Å²) in [6.45, 7) is 13.5. The molecule has 0 saturated carbocycles. The van der Waals surface area contributed by atoms with Gasteiger partial charge in [0.05, 0.1) is 22.9 Å². The summed E-state index contributed by atoms with van der Waals surface area (Å²) in [6.07, 6.45) is 43.8. The van der Waals surface area contributed by atoms with Crippen LogP contribution in [-0.4, -0.2) is 8.75 Å². The zero-order valence-corrected chi connectivity index (χ0v) is 50.4. The van der Waals surface area contributed by atoms with E-state index in [1.165, 1.54) is 246 Å². The van der Waals surface area contributed by atoms with Crippen LogP contribution in [0, 0.1) is 37.3 Å². The molecule has 0 radical (unpaired) electrons. The SMILES string of the molecule is CCCCCCCCCCC(CCCCCCCC)Cc1cc(-c2c(F)c(F)c(-c3cc(CC(CCCCCCCC)CCCCCCCCCC)c(-c4ccc(-c5ccc(C)s5)s4)s3)c3nsnc23)sc1C. The van der Waals surface area contributed by atoms with Crippen molar-refractivity contribution in [1.29, 1.82) is 0 Å². The molecule has 404 valence electrons. The van der Waals surface area contributed by atoms with Crippen LogP contribution in [0.1, 0.15) is 254 Å². The van der Waals surface area contributed by atoms with Gasteiger partial charge < -0.3 is 0 Å². The van der Waals surface area contributed by atoms with Gasteiger partial charge >= 0.3 is 0 Å². The average molecular weight is 1090 g/mol. The largest absolute Gasteiger partial charge is 0.203 e. The van der Waals surface area contributed by atoms with E-state index in [0.29, 0.717) is 22.9 Å². The van der Waals surface area contributed by atoms with Gasteiger partial charge in [-0.3, -0.25) is 0 Å². The van der Waals surface area contributed by atoms with Crippen LogP contribution in [0.5, 0.6) is 0 Å². The van der Waals surface area contributed by atoms with Crippen LogP contribution in [0.2, 0.25) is 0 Å². The highest BCUT2D eigenvalue weighted by molar-refractivity contribution is 7.27. The minimum Gasteiger partial charge on any atom is -0.203 e. The molecule has 6 aromatic rings. The lowest BCUT2D eigenvalue weighted by Gasteiger charge is -2.17. The predicted molar refractivity (Wildman–Crippen MR) is 325 cm³/mol. The monoisotopic (exact) mass is 1090 g/mol. The van der Waals surface area contributed by atoms with E-state index in [9.17, 15) is 0 Å². The summed E-state index contributed by atoms with van der Waals surface area (Å²) in [5, 5.41) is 0. The number of thiophene rings is 4. The molecule has 2 atom stereocenters. The normalized spacial score (nSPS) is 12.8. The lowest BCUT2D eigenvalue weighted by Crippen LogP contribution is -2.06. The van der Waals surface area contributed by atoms with Gasteiger partial charge in [0.15, 0.2) is 11.6 Å². The first-order valence-corrected chi connectivity index (χ1v) is 33.8. The zero-order chi connectivity index (χ0) is 51.6. The Hall–Kier alpha value is -2.30. The van der Waals surface area contributed by atoms with Crippen molar-refractivity contribution in [1.82, 2.24) is 8.75 Å². The van der Waals surface area contributed by atoms with Crippen LogP contribution in [-0.2, 0) is 12.8 Å². The summed E-state index contributed by atoms with van der Waals surface area (Å²) < 4.78 is 44.1. The molecule has 0 aliphatic heterocycles. The molecule has 9 heteroatoms. The van der Waals surface area contributed by atoms with Crippen LogP contribution in [0.4, 0.5) is 8.78 Å². The van der Waals surface area contributed by atoms with Gasteiger partial charge in [-0.15, -0.1) is 45.3 Å². The number of hydrogen-bond acceptors (Lipinski definition) is 7. The van der Waals surface area contributed by atoms with Crippen molar-refractivity contribution < 1.29 is 8.78 Å². The van der Waals surface area contributed by atoms with Crippen molar-refractivity contribution in [3.05, 3.63) is 68.9 Å². The average Bonchev–Trinajstić information content (AvgIpc) is 4.26. The summed E-state index contributed by atoms with van der Waals surface area (Å²) in [6, 6.07) is 13.3. The van der Waals surface area contributed by atoms with E-state index in [4.69, 9.17) is 8.75 Å². The Morgan fingerprint density at radius 1 is 0.397 bits per heavy atom. The molecule has 1 aromatic carbocycles. The molecule has 0 amide bonds. The molecule has 0 N–H and O–H groups in total. The zero-order valence-electron chi connectivity index (χ0n) is 46.4. The highest BCUT2D eigenvalue weighted by Crippen LogP contribution is 2.49. The number of nitrogens with zero attached hydrogens (tertiary/aromatic N) is 2. The summed E-state index contributed by atoms with van der Waals surface area (Å²) in [7, 11) is 0.